The molecular weight excluding hydrogens is 340 g/mol. The zero-order valence-electron chi connectivity index (χ0n) is 13.4. The summed E-state index contributed by atoms with van der Waals surface area (Å²) >= 11 is 5.92. The van der Waals surface area contributed by atoms with Gasteiger partial charge in [-0.25, -0.2) is 4.79 Å². The normalized spacial score (nSPS) is 10.6. The van der Waals surface area contributed by atoms with Crippen LogP contribution in [0.4, 0.5) is 0 Å². The van der Waals surface area contributed by atoms with Crippen molar-refractivity contribution < 1.29 is 14.3 Å². The number of H-pyrrole nitrogens is 1. The Bertz CT molecular complexity index is 904. The molecule has 1 amide bonds. The number of fused-ring (bicyclic) bond motifs is 1. The third kappa shape index (κ3) is 4.19. The van der Waals surface area contributed by atoms with Gasteiger partial charge < -0.3 is 15.0 Å². The number of carbonyl (C=O) groups is 2. The van der Waals surface area contributed by atoms with E-state index in [1.807, 2.05) is 30.5 Å². The summed E-state index contributed by atoms with van der Waals surface area (Å²) in [6.45, 7) is 0.127. The molecular formula is C19H17ClN2O3. The first-order chi connectivity index (χ1) is 12.1. The molecule has 0 aliphatic rings. The van der Waals surface area contributed by atoms with Crippen molar-refractivity contribution in [3.8, 4) is 0 Å². The highest BCUT2D eigenvalue weighted by atomic mass is 35.5. The number of rotatable bonds is 6. The summed E-state index contributed by atoms with van der Waals surface area (Å²) in [4.78, 5) is 26.9. The molecule has 1 aromatic heterocycles. The van der Waals surface area contributed by atoms with Crippen molar-refractivity contribution in [2.24, 2.45) is 0 Å². The fourth-order valence-corrected chi connectivity index (χ4v) is 2.77. The third-order valence-electron chi connectivity index (χ3n) is 3.82. The molecule has 0 radical (unpaired) electrons. The molecule has 0 bridgehead atoms. The fraction of sp³-hybridized carbons (Fsp3) is 0.158. The van der Waals surface area contributed by atoms with Gasteiger partial charge in [-0.05, 0) is 30.2 Å². The summed E-state index contributed by atoms with van der Waals surface area (Å²) in [5, 5.41) is 4.18. The smallest absolute Gasteiger partial charge is 0.340 e. The van der Waals surface area contributed by atoms with Crippen molar-refractivity contribution in [3.63, 3.8) is 0 Å². The number of amides is 1. The highest BCUT2D eigenvalue weighted by Gasteiger charge is 2.13. The lowest BCUT2D eigenvalue weighted by atomic mass is 10.1. The van der Waals surface area contributed by atoms with Crippen LogP contribution in [-0.2, 0) is 16.0 Å². The Morgan fingerprint density at radius 2 is 1.84 bits per heavy atom. The number of hydrogen-bond donors (Lipinski definition) is 2. The van der Waals surface area contributed by atoms with Gasteiger partial charge in [-0.3, -0.25) is 4.79 Å². The summed E-state index contributed by atoms with van der Waals surface area (Å²) in [7, 11) is 0. The molecule has 0 aliphatic carbocycles. The largest absolute Gasteiger partial charge is 0.452 e. The maximum absolute atomic E-state index is 11.9. The van der Waals surface area contributed by atoms with Gasteiger partial charge in [0.15, 0.2) is 6.61 Å². The Labute approximate surface area is 149 Å². The number of hydrogen-bond acceptors (Lipinski definition) is 3. The zero-order valence-corrected chi connectivity index (χ0v) is 14.2. The summed E-state index contributed by atoms with van der Waals surface area (Å²) in [6, 6.07) is 14.5. The van der Waals surface area contributed by atoms with Crippen molar-refractivity contribution >= 4 is 34.4 Å². The molecule has 25 heavy (non-hydrogen) atoms. The fourth-order valence-electron chi connectivity index (χ4n) is 2.56. The topological polar surface area (TPSA) is 71.2 Å². The summed E-state index contributed by atoms with van der Waals surface area (Å²) in [6.07, 6.45) is 2.63. The highest BCUT2D eigenvalue weighted by molar-refractivity contribution is 6.33. The van der Waals surface area contributed by atoms with Crippen molar-refractivity contribution in [2.75, 3.05) is 13.2 Å². The number of benzene rings is 2. The molecule has 3 rings (SSSR count). The van der Waals surface area contributed by atoms with Crippen LogP contribution in [-0.4, -0.2) is 30.0 Å². The molecule has 1 heterocycles. The number of aromatic nitrogens is 1. The monoisotopic (exact) mass is 356 g/mol. The zero-order chi connectivity index (χ0) is 17.6. The second-order valence-electron chi connectivity index (χ2n) is 5.52. The van der Waals surface area contributed by atoms with E-state index in [0.29, 0.717) is 18.0 Å². The van der Waals surface area contributed by atoms with Crippen LogP contribution < -0.4 is 5.32 Å². The van der Waals surface area contributed by atoms with E-state index in [2.05, 4.69) is 10.3 Å². The van der Waals surface area contributed by atoms with Gasteiger partial charge >= 0.3 is 5.97 Å². The maximum atomic E-state index is 11.9. The molecule has 0 atom stereocenters. The molecule has 5 nitrogen and oxygen atoms in total. The molecule has 6 heteroatoms. The van der Waals surface area contributed by atoms with Crippen molar-refractivity contribution in [1.82, 2.24) is 10.3 Å². The average molecular weight is 357 g/mol. The number of para-hydroxylation sites is 1. The van der Waals surface area contributed by atoms with Gasteiger partial charge in [0.2, 0.25) is 0 Å². The van der Waals surface area contributed by atoms with Crippen LogP contribution in [0.3, 0.4) is 0 Å². The molecule has 3 aromatic rings. The summed E-state index contributed by atoms with van der Waals surface area (Å²) in [5.74, 6) is -0.961. The second-order valence-corrected chi connectivity index (χ2v) is 5.92. The van der Waals surface area contributed by atoms with Crippen LogP contribution in [0, 0.1) is 0 Å². The lowest BCUT2D eigenvalue weighted by Gasteiger charge is -2.07. The molecule has 0 aliphatic heterocycles. The van der Waals surface area contributed by atoms with Crippen molar-refractivity contribution in [3.05, 3.63) is 70.9 Å². The first kappa shape index (κ1) is 17.0. The van der Waals surface area contributed by atoms with E-state index in [1.165, 1.54) is 0 Å². The standard InChI is InChI=1S/C19H17ClN2O3/c20-16-7-3-1-6-15(16)19(24)25-12-18(23)21-10-9-13-11-22-17-8-4-2-5-14(13)17/h1-8,11,22H,9-10,12H2,(H,21,23). The second kappa shape index (κ2) is 7.85. The average Bonchev–Trinajstić information content (AvgIpc) is 3.03. The molecule has 0 unspecified atom stereocenters. The molecule has 2 aromatic carbocycles. The van der Waals surface area contributed by atoms with E-state index in [9.17, 15) is 9.59 Å². The molecule has 128 valence electrons. The maximum Gasteiger partial charge on any atom is 0.340 e. The minimum absolute atomic E-state index is 0.246. The predicted molar refractivity (Wildman–Crippen MR) is 96.7 cm³/mol. The van der Waals surface area contributed by atoms with E-state index in [0.717, 1.165) is 16.5 Å². The van der Waals surface area contributed by atoms with Crippen LogP contribution in [0.2, 0.25) is 5.02 Å². The van der Waals surface area contributed by atoms with Gasteiger partial charge in [-0.2, -0.15) is 0 Å². The Morgan fingerprint density at radius 3 is 2.68 bits per heavy atom. The van der Waals surface area contributed by atoms with Crippen LogP contribution in [0.15, 0.2) is 54.7 Å². The first-order valence-corrected chi connectivity index (χ1v) is 8.26. The Hall–Kier alpha value is -2.79. The van der Waals surface area contributed by atoms with E-state index in [1.54, 1.807) is 24.3 Å². The number of aromatic amines is 1. The van der Waals surface area contributed by atoms with Gasteiger partial charge in [-0.1, -0.05) is 41.9 Å². The van der Waals surface area contributed by atoms with E-state index >= 15 is 0 Å². The first-order valence-electron chi connectivity index (χ1n) is 7.88. The van der Waals surface area contributed by atoms with Crippen LogP contribution in [0.25, 0.3) is 10.9 Å². The molecule has 0 fully saturated rings. The molecule has 2 N–H and O–H groups in total. The number of esters is 1. The van der Waals surface area contributed by atoms with E-state index in [-0.39, 0.29) is 18.1 Å². The van der Waals surface area contributed by atoms with Crippen LogP contribution in [0.5, 0.6) is 0 Å². The van der Waals surface area contributed by atoms with Crippen molar-refractivity contribution in [1.29, 1.82) is 0 Å². The third-order valence-corrected chi connectivity index (χ3v) is 4.15. The number of halogens is 1. The van der Waals surface area contributed by atoms with Gasteiger partial charge in [-0.15, -0.1) is 0 Å². The Morgan fingerprint density at radius 1 is 1.08 bits per heavy atom. The quantitative estimate of drug-likeness (QED) is 0.665. The minimum atomic E-state index is -0.614. The summed E-state index contributed by atoms with van der Waals surface area (Å²) in [5.41, 5.74) is 2.44. The lowest BCUT2D eigenvalue weighted by molar-refractivity contribution is -0.124. The number of nitrogens with one attached hydrogen (secondary N) is 2. The highest BCUT2D eigenvalue weighted by Crippen LogP contribution is 2.18. The lowest BCUT2D eigenvalue weighted by Crippen LogP contribution is -2.30. The number of ether oxygens (including phenoxy) is 1. The van der Waals surface area contributed by atoms with Gasteiger partial charge in [0.05, 0.1) is 10.6 Å². The molecule has 0 spiro atoms. The van der Waals surface area contributed by atoms with E-state index in [4.69, 9.17) is 16.3 Å². The van der Waals surface area contributed by atoms with Gasteiger partial charge in [0, 0.05) is 23.6 Å². The van der Waals surface area contributed by atoms with E-state index < -0.39 is 5.97 Å². The van der Waals surface area contributed by atoms with Gasteiger partial charge in [0.1, 0.15) is 0 Å². The Kier molecular flexibility index (Phi) is 5.36. The molecule has 0 saturated heterocycles. The Balaban J connectivity index is 1.45. The summed E-state index contributed by atoms with van der Waals surface area (Å²) < 4.78 is 4.99. The SMILES string of the molecule is O=C(COC(=O)c1ccccc1Cl)NCCc1c[nH]c2ccccc12. The van der Waals surface area contributed by atoms with Crippen LogP contribution in [0.1, 0.15) is 15.9 Å². The number of carbonyl (C=O) groups excluding carboxylic acids is 2. The van der Waals surface area contributed by atoms with Gasteiger partial charge in [0.25, 0.3) is 5.91 Å². The predicted octanol–water partition coefficient (Wildman–Crippen LogP) is 3.34. The van der Waals surface area contributed by atoms with Crippen molar-refractivity contribution in [2.45, 2.75) is 6.42 Å². The van der Waals surface area contributed by atoms with Crippen LogP contribution >= 0.6 is 11.6 Å². The minimum Gasteiger partial charge on any atom is -0.452 e. The molecule has 0 saturated carbocycles.